The van der Waals surface area contributed by atoms with E-state index in [9.17, 15) is 22.8 Å². The van der Waals surface area contributed by atoms with Crippen LogP contribution in [-0.2, 0) is 11.0 Å². The molecule has 25 heavy (non-hydrogen) atoms. The summed E-state index contributed by atoms with van der Waals surface area (Å²) in [6.07, 6.45) is -2.87. The van der Waals surface area contributed by atoms with Gasteiger partial charge < -0.3 is 15.5 Å². The van der Waals surface area contributed by atoms with E-state index >= 15 is 0 Å². The van der Waals surface area contributed by atoms with Gasteiger partial charge in [-0.1, -0.05) is 12.1 Å². The zero-order chi connectivity index (χ0) is 18.4. The van der Waals surface area contributed by atoms with Gasteiger partial charge in [0.15, 0.2) is 0 Å². The average molecular weight is 357 g/mol. The van der Waals surface area contributed by atoms with E-state index in [1.54, 1.807) is 4.90 Å². The third-order valence-electron chi connectivity index (χ3n) is 4.34. The predicted octanol–water partition coefficient (Wildman–Crippen LogP) is 1.89. The third-order valence-corrected chi connectivity index (χ3v) is 4.34. The van der Waals surface area contributed by atoms with Crippen molar-refractivity contribution in [3.63, 3.8) is 0 Å². The van der Waals surface area contributed by atoms with E-state index in [4.69, 9.17) is 0 Å². The Hall–Kier alpha value is -2.09. The molecule has 5 nitrogen and oxygen atoms in total. The van der Waals surface area contributed by atoms with Gasteiger partial charge in [-0.25, -0.2) is 0 Å². The molecule has 0 radical (unpaired) electrons. The van der Waals surface area contributed by atoms with Crippen molar-refractivity contribution in [1.82, 2.24) is 15.5 Å². The highest BCUT2D eigenvalue weighted by Gasteiger charge is 2.35. The Morgan fingerprint density at radius 3 is 2.44 bits per heavy atom. The number of nitrogens with one attached hydrogen (secondary N) is 2. The van der Waals surface area contributed by atoms with E-state index in [1.807, 2.05) is 7.05 Å². The van der Waals surface area contributed by atoms with Crippen LogP contribution in [0, 0.1) is 5.92 Å². The zero-order valence-corrected chi connectivity index (χ0v) is 14.0. The smallest absolute Gasteiger partial charge is 0.343 e. The maximum absolute atomic E-state index is 12.9. The summed E-state index contributed by atoms with van der Waals surface area (Å²) in [4.78, 5) is 25.8. The van der Waals surface area contributed by atoms with E-state index in [0.29, 0.717) is 19.0 Å². The molecule has 0 saturated carbocycles. The molecule has 1 aromatic rings. The molecule has 1 aliphatic heterocycles. The van der Waals surface area contributed by atoms with Crippen molar-refractivity contribution in [2.75, 3.05) is 33.2 Å². The van der Waals surface area contributed by atoms with Crippen LogP contribution in [0.3, 0.4) is 0 Å². The summed E-state index contributed by atoms with van der Waals surface area (Å²) in [7, 11) is 1.88. The molecule has 0 unspecified atom stereocenters. The lowest BCUT2D eigenvalue weighted by molar-refractivity contribution is -0.137. The molecule has 2 N–H and O–H groups in total. The van der Waals surface area contributed by atoms with Gasteiger partial charge >= 0.3 is 6.18 Å². The first-order chi connectivity index (χ1) is 11.8. The summed E-state index contributed by atoms with van der Waals surface area (Å²) >= 11 is 0. The van der Waals surface area contributed by atoms with Gasteiger partial charge in [-0.05, 0) is 44.5 Å². The number of piperidine rings is 1. The van der Waals surface area contributed by atoms with E-state index in [2.05, 4.69) is 10.6 Å². The monoisotopic (exact) mass is 357 g/mol. The molecule has 138 valence electrons. The van der Waals surface area contributed by atoms with E-state index in [0.717, 1.165) is 31.5 Å². The van der Waals surface area contributed by atoms with E-state index in [1.165, 1.54) is 12.1 Å². The SMILES string of the molecule is CNCC1CCN(C(=O)CNC(=O)c2ccccc2C(F)(F)F)CC1. The molecule has 1 aliphatic rings. The number of likely N-dealkylation sites (tertiary alicyclic amines) is 1. The number of nitrogens with zero attached hydrogens (tertiary/aromatic N) is 1. The van der Waals surface area contributed by atoms with Crippen molar-refractivity contribution in [2.45, 2.75) is 19.0 Å². The topological polar surface area (TPSA) is 61.4 Å². The van der Waals surface area contributed by atoms with Gasteiger partial charge in [0.05, 0.1) is 17.7 Å². The number of hydrogen-bond donors (Lipinski definition) is 2. The van der Waals surface area contributed by atoms with Crippen molar-refractivity contribution < 1.29 is 22.8 Å². The van der Waals surface area contributed by atoms with Gasteiger partial charge in [0, 0.05) is 13.1 Å². The predicted molar refractivity (Wildman–Crippen MR) is 87.0 cm³/mol. The molecular formula is C17H22F3N3O2. The zero-order valence-electron chi connectivity index (χ0n) is 14.0. The highest BCUT2D eigenvalue weighted by atomic mass is 19.4. The van der Waals surface area contributed by atoms with Crippen LogP contribution in [0.2, 0.25) is 0 Å². The second kappa shape index (κ2) is 8.33. The van der Waals surface area contributed by atoms with Crippen molar-refractivity contribution in [1.29, 1.82) is 0 Å². The number of hydrogen-bond acceptors (Lipinski definition) is 3. The number of carbonyl (C=O) groups is 2. The number of amides is 2. The molecular weight excluding hydrogens is 335 g/mol. The Labute approximate surface area is 144 Å². The summed E-state index contributed by atoms with van der Waals surface area (Å²) in [5, 5.41) is 5.41. The maximum atomic E-state index is 12.9. The van der Waals surface area contributed by atoms with Crippen molar-refractivity contribution in [3.05, 3.63) is 35.4 Å². The normalized spacial score (nSPS) is 15.9. The van der Waals surface area contributed by atoms with Crippen molar-refractivity contribution in [3.8, 4) is 0 Å². The minimum atomic E-state index is -4.62. The first kappa shape index (κ1) is 19.2. The fourth-order valence-electron chi connectivity index (χ4n) is 2.97. The second-order valence-corrected chi connectivity index (χ2v) is 6.11. The third kappa shape index (κ3) is 5.19. The van der Waals surface area contributed by atoms with Gasteiger partial charge in [-0.3, -0.25) is 9.59 Å². The maximum Gasteiger partial charge on any atom is 0.417 e. The molecule has 2 rings (SSSR count). The van der Waals surface area contributed by atoms with Gasteiger partial charge in [0.1, 0.15) is 0 Å². The highest BCUT2D eigenvalue weighted by Crippen LogP contribution is 2.31. The van der Waals surface area contributed by atoms with Crippen LogP contribution in [0.15, 0.2) is 24.3 Å². The summed E-state index contributed by atoms with van der Waals surface area (Å²) < 4.78 is 38.8. The number of halogens is 3. The number of rotatable bonds is 5. The lowest BCUT2D eigenvalue weighted by Crippen LogP contribution is -2.45. The summed E-state index contributed by atoms with van der Waals surface area (Å²) in [5.74, 6) is -0.658. The number of carbonyl (C=O) groups excluding carboxylic acids is 2. The number of alkyl halides is 3. The van der Waals surface area contributed by atoms with Gasteiger partial charge in [0.25, 0.3) is 5.91 Å². The molecule has 0 atom stereocenters. The van der Waals surface area contributed by atoms with Gasteiger partial charge in [-0.15, -0.1) is 0 Å². The van der Waals surface area contributed by atoms with Gasteiger partial charge in [0.2, 0.25) is 5.91 Å². The quantitative estimate of drug-likeness (QED) is 0.846. The highest BCUT2D eigenvalue weighted by molar-refractivity contribution is 5.97. The fourth-order valence-corrected chi connectivity index (χ4v) is 2.97. The lowest BCUT2D eigenvalue weighted by atomic mass is 9.97. The van der Waals surface area contributed by atoms with Crippen molar-refractivity contribution >= 4 is 11.8 Å². The van der Waals surface area contributed by atoms with Crippen LogP contribution < -0.4 is 10.6 Å². The molecule has 1 heterocycles. The molecule has 1 aromatic carbocycles. The largest absolute Gasteiger partial charge is 0.417 e. The Kier molecular flexibility index (Phi) is 6.41. The molecule has 0 aliphatic carbocycles. The van der Waals surface area contributed by atoms with Crippen LogP contribution in [0.25, 0.3) is 0 Å². The minimum absolute atomic E-state index is 0.277. The number of benzene rings is 1. The van der Waals surface area contributed by atoms with Crippen LogP contribution in [0.4, 0.5) is 13.2 Å². The van der Waals surface area contributed by atoms with Gasteiger partial charge in [-0.2, -0.15) is 13.2 Å². The Morgan fingerprint density at radius 2 is 1.84 bits per heavy atom. The molecule has 1 saturated heterocycles. The van der Waals surface area contributed by atoms with Crippen LogP contribution in [0.5, 0.6) is 0 Å². The minimum Gasteiger partial charge on any atom is -0.343 e. The van der Waals surface area contributed by atoms with E-state index < -0.39 is 23.2 Å². The van der Waals surface area contributed by atoms with Crippen molar-refractivity contribution in [2.24, 2.45) is 5.92 Å². The summed E-state index contributed by atoms with van der Waals surface area (Å²) in [6, 6.07) is 4.54. The molecule has 2 amide bonds. The van der Waals surface area contributed by atoms with Crippen LogP contribution >= 0.6 is 0 Å². The average Bonchev–Trinajstić information content (AvgIpc) is 2.59. The fraction of sp³-hybridized carbons (Fsp3) is 0.529. The summed E-state index contributed by atoms with van der Waals surface area (Å²) in [5.41, 5.74) is -1.48. The van der Waals surface area contributed by atoms with Crippen LogP contribution in [0.1, 0.15) is 28.8 Å². The standard InChI is InChI=1S/C17H22F3N3O2/c1-21-10-12-6-8-23(9-7-12)15(24)11-22-16(25)13-4-2-3-5-14(13)17(18,19)20/h2-5,12,21H,6-11H2,1H3,(H,22,25). The second-order valence-electron chi connectivity index (χ2n) is 6.11. The van der Waals surface area contributed by atoms with E-state index in [-0.39, 0.29) is 12.5 Å². The first-order valence-corrected chi connectivity index (χ1v) is 8.19. The lowest BCUT2D eigenvalue weighted by Gasteiger charge is -2.32. The van der Waals surface area contributed by atoms with Crippen LogP contribution in [-0.4, -0.2) is 49.9 Å². The summed E-state index contributed by atoms with van der Waals surface area (Å²) in [6.45, 7) is 1.79. The molecule has 8 heteroatoms. The Bertz CT molecular complexity index is 611. The molecule has 1 fully saturated rings. The molecule has 0 aromatic heterocycles. The Balaban J connectivity index is 1.90. The molecule has 0 spiro atoms. The first-order valence-electron chi connectivity index (χ1n) is 8.19. The molecule has 0 bridgehead atoms. The Morgan fingerprint density at radius 1 is 1.20 bits per heavy atom.